The van der Waals surface area contributed by atoms with Crippen LogP contribution in [-0.4, -0.2) is 27.1 Å². The fraction of sp³-hybridized carbons (Fsp3) is 0.235. The molecule has 5 nitrogen and oxygen atoms in total. The minimum atomic E-state index is -0.916. The van der Waals surface area contributed by atoms with Crippen molar-refractivity contribution in [3.05, 3.63) is 41.0 Å². The molecular weight excluding hydrogens is 310 g/mol. The molecule has 3 rings (SSSR count). The monoisotopic (exact) mass is 327 g/mol. The van der Waals surface area contributed by atoms with E-state index in [-0.39, 0.29) is 0 Å². The van der Waals surface area contributed by atoms with Gasteiger partial charge in [0.1, 0.15) is 23.0 Å². The Bertz CT molecular complexity index is 871. The Morgan fingerprint density at radius 3 is 2.57 bits per heavy atom. The molecule has 1 aromatic carbocycles. The summed E-state index contributed by atoms with van der Waals surface area (Å²) in [5, 5.41) is 13.0. The van der Waals surface area contributed by atoms with Gasteiger partial charge in [0, 0.05) is 10.4 Å². The summed E-state index contributed by atoms with van der Waals surface area (Å²) in [6, 6.07) is 7.55. The standard InChI is InChI=1S/C17H17N3O2S/c1-9-4-6-12(7-5-9)13-11(3)23-16-14(13)15(18-8-19-16)20-10(2)17(21)22/h4-8,10H,1-3H3,(H,21,22)(H,18,19,20). The Balaban J connectivity index is 2.19. The first-order valence-corrected chi connectivity index (χ1v) is 8.09. The molecule has 0 aliphatic carbocycles. The van der Waals surface area contributed by atoms with Gasteiger partial charge in [-0.25, -0.2) is 9.97 Å². The molecule has 2 heterocycles. The van der Waals surface area contributed by atoms with Gasteiger partial charge in [-0.15, -0.1) is 11.3 Å². The van der Waals surface area contributed by atoms with Gasteiger partial charge in [0.25, 0.3) is 0 Å². The van der Waals surface area contributed by atoms with Crippen LogP contribution < -0.4 is 5.32 Å². The minimum absolute atomic E-state index is 0.560. The van der Waals surface area contributed by atoms with Gasteiger partial charge >= 0.3 is 5.97 Å². The molecule has 2 N–H and O–H groups in total. The number of benzene rings is 1. The SMILES string of the molecule is Cc1ccc(-c2c(C)sc3ncnc(NC(C)C(=O)O)c23)cc1. The lowest BCUT2D eigenvalue weighted by Gasteiger charge is -2.12. The molecule has 23 heavy (non-hydrogen) atoms. The van der Waals surface area contributed by atoms with Crippen LogP contribution in [0.15, 0.2) is 30.6 Å². The predicted molar refractivity (Wildman–Crippen MR) is 93.0 cm³/mol. The predicted octanol–water partition coefficient (Wildman–Crippen LogP) is 3.86. The number of hydrogen-bond acceptors (Lipinski definition) is 5. The number of thiophene rings is 1. The van der Waals surface area contributed by atoms with Gasteiger partial charge < -0.3 is 10.4 Å². The number of aryl methyl sites for hydroxylation is 2. The second kappa shape index (κ2) is 5.96. The van der Waals surface area contributed by atoms with Gasteiger partial charge in [-0.05, 0) is 26.3 Å². The Morgan fingerprint density at radius 1 is 1.22 bits per heavy atom. The second-order valence-corrected chi connectivity index (χ2v) is 6.71. The lowest BCUT2D eigenvalue weighted by atomic mass is 10.0. The number of rotatable bonds is 4. The van der Waals surface area contributed by atoms with E-state index in [2.05, 4.69) is 39.6 Å². The van der Waals surface area contributed by atoms with Crippen molar-refractivity contribution in [2.75, 3.05) is 5.32 Å². The highest BCUT2D eigenvalue weighted by Crippen LogP contribution is 2.40. The molecule has 0 radical (unpaired) electrons. The highest BCUT2D eigenvalue weighted by atomic mass is 32.1. The maximum absolute atomic E-state index is 11.1. The van der Waals surface area contributed by atoms with Crippen molar-refractivity contribution in [3.8, 4) is 11.1 Å². The lowest BCUT2D eigenvalue weighted by molar-refractivity contribution is -0.137. The van der Waals surface area contributed by atoms with E-state index in [1.807, 2.05) is 13.8 Å². The van der Waals surface area contributed by atoms with E-state index in [4.69, 9.17) is 5.11 Å². The highest BCUT2D eigenvalue weighted by Gasteiger charge is 2.19. The van der Waals surface area contributed by atoms with Crippen molar-refractivity contribution in [2.45, 2.75) is 26.8 Å². The van der Waals surface area contributed by atoms with Crippen LogP contribution in [0.25, 0.3) is 21.3 Å². The summed E-state index contributed by atoms with van der Waals surface area (Å²) >= 11 is 1.59. The van der Waals surface area contributed by atoms with Crippen LogP contribution in [0.5, 0.6) is 0 Å². The quantitative estimate of drug-likeness (QED) is 0.761. The smallest absolute Gasteiger partial charge is 0.325 e. The van der Waals surface area contributed by atoms with Crippen molar-refractivity contribution in [2.24, 2.45) is 0 Å². The van der Waals surface area contributed by atoms with E-state index >= 15 is 0 Å². The van der Waals surface area contributed by atoms with E-state index in [1.54, 1.807) is 18.3 Å². The van der Waals surface area contributed by atoms with Crippen LogP contribution >= 0.6 is 11.3 Å². The first-order valence-electron chi connectivity index (χ1n) is 7.28. The maximum atomic E-state index is 11.1. The fourth-order valence-electron chi connectivity index (χ4n) is 2.49. The number of carboxylic acid groups (broad SMARTS) is 1. The third kappa shape index (κ3) is 2.90. The molecule has 2 aromatic heterocycles. The molecule has 118 valence electrons. The van der Waals surface area contributed by atoms with Gasteiger partial charge in [0.05, 0.1) is 5.39 Å². The Morgan fingerprint density at radius 2 is 1.91 bits per heavy atom. The number of hydrogen-bond donors (Lipinski definition) is 2. The zero-order valence-electron chi connectivity index (χ0n) is 13.1. The van der Waals surface area contributed by atoms with Crippen LogP contribution in [0.4, 0.5) is 5.82 Å². The molecule has 0 aliphatic heterocycles. The van der Waals surface area contributed by atoms with Crippen LogP contribution in [0.1, 0.15) is 17.4 Å². The summed E-state index contributed by atoms with van der Waals surface area (Å²) in [5.41, 5.74) is 3.34. The van der Waals surface area contributed by atoms with Gasteiger partial charge in [-0.1, -0.05) is 29.8 Å². The Hall–Kier alpha value is -2.47. The largest absolute Gasteiger partial charge is 0.480 e. The third-order valence-electron chi connectivity index (χ3n) is 3.73. The van der Waals surface area contributed by atoms with Crippen molar-refractivity contribution in [1.82, 2.24) is 9.97 Å². The fourth-order valence-corrected chi connectivity index (χ4v) is 3.50. The number of nitrogens with zero attached hydrogens (tertiary/aromatic N) is 2. The first-order chi connectivity index (χ1) is 11.0. The van der Waals surface area contributed by atoms with Crippen LogP contribution in [0.3, 0.4) is 0 Å². The molecule has 6 heteroatoms. The highest BCUT2D eigenvalue weighted by molar-refractivity contribution is 7.19. The van der Waals surface area contributed by atoms with E-state index in [9.17, 15) is 4.79 Å². The average Bonchev–Trinajstić information content (AvgIpc) is 2.85. The topological polar surface area (TPSA) is 75.1 Å². The average molecular weight is 327 g/mol. The van der Waals surface area contributed by atoms with Crippen molar-refractivity contribution < 1.29 is 9.90 Å². The summed E-state index contributed by atoms with van der Waals surface area (Å²) < 4.78 is 0. The maximum Gasteiger partial charge on any atom is 0.325 e. The van der Waals surface area contributed by atoms with Gasteiger partial charge in [0.2, 0.25) is 0 Å². The van der Waals surface area contributed by atoms with Gasteiger partial charge in [0.15, 0.2) is 0 Å². The number of fused-ring (bicyclic) bond motifs is 1. The van der Waals surface area contributed by atoms with Crippen molar-refractivity contribution in [1.29, 1.82) is 0 Å². The first kappa shape index (κ1) is 15.4. The van der Waals surface area contributed by atoms with Crippen molar-refractivity contribution in [3.63, 3.8) is 0 Å². The molecule has 0 aliphatic rings. The molecule has 1 atom stereocenters. The molecule has 0 saturated heterocycles. The van der Waals surface area contributed by atoms with Crippen LogP contribution in [0.2, 0.25) is 0 Å². The molecule has 0 spiro atoms. The van der Waals surface area contributed by atoms with Gasteiger partial charge in [-0.3, -0.25) is 4.79 Å². The third-order valence-corrected chi connectivity index (χ3v) is 4.74. The molecule has 3 aromatic rings. The summed E-state index contributed by atoms with van der Waals surface area (Å²) in [7, 11) is 0. The van der Waals surface area contributed by atoms with Gasteiger partial charge in [-0.2, -0.15) is 0 Å². The van der Waals surface area contributed by atoms with Crippen LogP contribution in [0, 0.1) is 13.8 Å². The molecule has 0 saturated carbocycles. The van der Waals surface area contributed by atoms with E-state index in [0.717, 1.165) is 26.2 Å². The lowest BCUT2D eigenvalue weighted by Crippen LogP contribution is -2.26. The van der Waals surface area contributed by atoms with Crippen molar-refractivity contribution >= 4 is 33.3 Å². The number of carbonyl (C=O) groups is 1. The second-order valence-electron chi connectivity index (χ2n) is 5.51. The summed E-state index contributed by atoms with van der Waals surface area (Å²) in [6.45, 7) is 5.69. The molecule has 0 bridgehead atoms. The minimum Gasteiger partial charge on any atom is -0.480 e. The summed E-state index contributed by atoms with van der Waals surface area (Å²) in [6.07, 6.45) is 1.47. The van der Waals surface area contributed by atoms with E-state index < -0.39 is 12.0 Å². The molecule has 0 amide bonds. The number of aliphatic carboxylic acids is 1. The van der Waals surface area contributed by atoms with E-state index in [1.165, 1.54) is 11.9 Å². The van der Waals surface area contributed by atoms with Crippen LogP contribution in [-0.2, 0) is 4.79 Å². The zero-order valence-corrected chi connectivity index (χ0v) is 13.9. The van der Waals surface area contributed by atoms with E-state index in [0.29, 0.717) is 5.82 Å². The summed E-state index contributed by atoms with van der Waals surface area (Å²) in [4.78, 5) is 21.7. The number of anilines is 1. The zero-order chi connectivity index (χ0) is 16.6. The molecule has 1 unspecified atom stereocenters. The summed E-state index contributed by atoms with van der Waals surface area (Å²) in [5.74, 6) is -0.356. The molecule has 0 fully saturated rings. The number of nitrogens with one attached hydrogen (secondary N) is 1. The normalized spacial score (nSPS) is 12.3. The number of carboxylic acids is 1. The molecular formula is C17H17N3O2S. The number of aromatic nitrogens is 2. The Kier molecular flexibility index (Phi) is 4.00. The Labute approximate surface area is 138 Å².